The van der Waals surface area contributed by atoms with Crippen molar-refractivity contribution in [2.45, 2.75) is 6.61 Å². The summed E-state index contributed by atoms with van der Waals surface area (Å²) in [6.45, 7) is 0.172. The highest BCUT2D eigenvalue weighted by Crippen LogP contribution is 2.30. The van der Waals surface area contributed by atoms with Crippen LogP contribution in [0.2, 0.25) is 0 Å². The Morgan fingerprint density at radius 1 is 1.26 bits per heavy atom. The third-order valence-corrected chi connectivity index (χ3v) is 4.81. The summed E-state index contributed by atoms with van der Waals surface area (Å²) in [4.78, 5) is 17.4. The van der Waals surface area contributed by atoms with Crippen molar-refractivity contribution in [1.82, 2.24) is 4.98 Å². The van der Waals surface area contributed by atoms with E-state index in [1.54, 1.807) is 30.5 Å². The fourth-order valence-corrected chi connectivity index (χ4v) is 3.37. The Balaban J connectivity index is 1.62. The van der Waals surface area contributed by atoms with Crippen LogP contribution in [0.5, 0.6) is 0 Å². The molecule has 23 heavy (non-hydrogen) atoms. The van der Waals surface area contributed by atoms with Crippen molar-refractivity contribution in [1.29, 1.82) is 0 Å². The van der Waals surface area contributed by atoms with Gasteiger partial charge in [-0.1, -0.05) is 18.2 Å². The summed E-state index contributed by atoms with van der Waals surface area (Å²) in [6.07, 6.45) is 4.70. The molecule has 0 aliphatic heterocycles. The number of rotatable bonds is 5. The molecule has 0 saturated heterocycles. The average Bonchev–Trinajstić information content (AvgIpc) is 3.23. The van der Waals surface area contributed by atoms with Crippen LogP contribution in [0.25, 0.3) is 16.5 Å². The summed E-state index contributed by atoms with van der Waals surface area (Å²) in [5, 5.41) is 2.58. The largest absolute Gasteiger partial charge is 0.455 e. The number of esters is 1. The van der Waals surface area contributed by atoms with Crippen LogP contribution < -0.4 is 0 Å². The highest BCUT2D eigenvalue weighted by Gasteiger charge is 2.06. The van der Waals surface area contributed by atoms with Gasteiger partial charge in [-0.15, -0.1) is 22.7 Å². The molecule has 0 aliphatic carbocycles. The Bertz CT molecular complexity index is 825. The van der Waals surface area contributed by atoms with Gasteiger partial charge in [0.15, 0.2) is 0 Å². The van der Waals surface area contributed by atoms with Gasteiger partial charge in [0.25, 0.3) is 0 Å². The minimum Gasteiger partial charge on any atom is -0.455 e. The molecule has 0 atom stereocenters. The SMILES string of the molecule is O=C(C=Cc1ccc(-c2ccccc2F)s1)OCc1nccs1. The molecular formula is C17H12FNO2S2. The normalized spacial score (nSPS) is 11.0. The quantitative estimate of drug-likeness (QED) is 0.494. The standard InChI is InChI=1S/C17H12FNO2S2/c18-14-4-2-1-3-13(14)15-7-5-12(23-15)6-8-17(20)21-11-16-19-9-10-22-16/h1-10H,11H2. The van der Waals surface area contributed by atoms with E-state index in [1.165, 1.54) is 34.8 Å². The molecule has 0 spiro atoms. The minimum absolute atomic E-state index is 0.172. The van der Waals surface area contributed by atoms with Crippen molar-refractivity contribution >= 4 is 34.7 Å². The maximum absolute atomic E-state index is 13.7. The van der Waals surface area contributed by atoms with Gasteiger partial charge in [0, 0.05) is 33.0 Å². The van der Waals surface area contributed by atoms with E-state index in [0.29, 0.717) is 5.56 Å². The molecule has 0 radical (unpaired) electrons. The topological polar surface area (TPSA) is 39.2 Å². The third-order valence-electron chi connectivity index (χ3n) is 2.97. The van der Waals surface area contributed by atoms with Gasteiger partial charge in [-0.2, -0.15) is 0 Å². The van der Waals surface area contributed by atoms with Crippen molar-refractivity contribution < 1.29 is 13.9 Å². The van der Waals surface area contributed by atoms with Crippen LogP contribution in [-0.2, 0) is 16.1 Å². The van der Waals surface area contributed by atoms with Gasteiger partial charge in [-0.05, 0) is 24.3 Å². The van der Waals surface area contributed by atoms with Crippen LogP contribution in [0, 0.1) is 5.82 Å². The number of thiophene rings is 1. The third kappa shape index (κ3) is 4.12. The second-order valence-corrected chi connectivity index (χ2v) is 6.64. The number of halogens is 1. The molecule has 3 aromatic rings. The Labute approximate surface area is 140 Å². The van der Waals surface area contributed by atoms with Gasteiger partial charge < -0.3 is 4.74 Å². The van der Waals surface area contributed by atoms with Crippen LogP contribution in [-0.4, -0.2) is 11.0 Å². The number of aromatic nitrogens is 1. The van der Waals surface area contributed by atoms with Crippen LogP contribution in [0.4, 0.5) is 4.39 Å². The van der Waals surface area contributed by atoms with Crippen molar-refractivity contribution in [2.75, 3.05) is 0 Å². The first-order valence-electron chi connectivity index (χ1n) is 6.80. The zero-order chi connectivity index (χ0) is 16.1. The van der Waals surface area contributed by atoms with Crippen LogP contribution in [0.3, 0.4) is 0 Å². The summed E-state index contributed by atoms with van der Waals surface area (Å²) >= 11 is 2.85. The van der Waals surface area contributed by atoms with Gasteiger partial charge in [-0.3, -0.25) is 0 Å². The predicted octanol–water partition coefficient (Wildman–Crippen LogP) is 4.77. The number of ether oxygens (including phenoxy) is 1. The zero-order valence-corrected chi connectivity index (χ0v) is 13.6. The molecule has 0 unspecified atom stereocenters. The smallest absolute Gasteiger partial charge is 0.331 e. The molecule has 6 heteroatoms. The summed E-state index contributed by atoms with van der Waals surface area (Å²) in [5.41, 5.74) is 0.559. The number of hydrogen-bond acceptors (Lipinski definition) is 5. The number of thiazole rings is 1. The molecule has 1 aromatic carbocycles. The fraction of sp³-hybridized carbons (Fsp3) is 0.0588. The van der Waals surface area contributed by atoms with E-state index >= 15 is 0 Å². The molecule has 2 aromatic heterocycles. The van der Waals surface area contributed by atoms with Crippen molar-refractivity contribution in [3.8, 4) is 10.4 Å². The van der Waals surface area contributed by atoms with E-state index in [-0.39, 0.29) is 12.4 Å². The fourth-order valence-electron chi connectivity index (χ4n) is 1.90. The first-order chi connectivity index (χ1) is 11.2. The van der Waals surface area contributed by atoms with E-state index in [4.69, 9.17) is 4.74 Å². The maximum Gasteiger partial charge on any atom is 0.331 e. The molecule has 3 rings (SSSR count). The Kier molecular flexibility index (Phi) is 4.95. The van der Waals surface area contributed by atoms with Crippen molar-refractivity contribution in [3.05, 3.63) is 69.8 Å². The summed E-state index contributed by atoms with van der Waals surface area (Å²) in [5.74, 6) is -0.686. The van der Waals surface area contributed by atoms with Gasteiger partial charge >= 0.3 is 5.97 Å². The van der Waals surface area contributed by atoms with Crippen LogP contribution in [0.15, 0.2) is 54.1 Å². The molecule has 3 nitrogen and oxygen atoms in total. The molecule has 116 valence electrons. The first kappa shape index (κ1) is 15.6. The molecular weight excluding hydrogens is 333 g/mol. The lowest BCUT2D eigenvalue weighted by Crippen LogP contribution is -1.99. The Morgan fingerprint density at radius 2 is 2.13 bits per heavy atom. The predicted molar refractivity (Wildman–Crippen MR) is 90.7 cm³/mol. The zero-order valence-electron chi connectivity index (χ0n) is 11.9. The number of carbonyl (C=O) groups excluding carboxylic acids is 1. The second-order valence-electron chi connectivity index (χ2n) is 4.55. The average molecular weight is 345 g/mol. The van der Waals surface area contributed by atoms with E-state index in [1.807, 2.05) is 17.5 Å². The lowest BCUT2D eigenvalue weighted by molar-refractivity contribution is -0.138. The molecule has 0 fully saturated rings. The number of nitrogens with zero attached hydrogens (tertiary/aromatic N) is 1. The van der Waals surface area contributed by atoms with Gasteiger partial charge in [0.05, 0.1) is 0 Å². The first-order valence-corrected chi connectivity index (χ1v) is 8.50. The molecule has 0 N–H and O–H groups in total. The lowest BCUT2D eigenvalue weighted by atomic mass is 10.2. The Hall–Kier alpha value is -2.31. The van der Waals surface area contributed by atoms with Crippen molar-refractivity contribution in [3.63, 3.8) is 0 Å². The summed E-state index contributed by atoms with van der Waals surface area (Å²) < 4.78 is 18.8. The van der Waals surface area contributed by atoms with E-state index in [2.05, 4.69) is 4.98 Å². The second kappa shape index (κ2) is 7.30. The van der Waals surface area contributed by atoms with Crippen LogP contribution >= 0.6 is 22.7 Å². The molecule has 0 amide bonds. The lowest BCUT2D eigenvalue weighted by Gasteiger charge is -1.98. The number of carbonyl (C=O) groups is 1. The van der Waals surface area contributed by atoms with E-state index in [0.717, 1.165) is 14.8 Å². The minimum atomic E-state index is -0.430. The molecule has 0 saturated carbocycles. The molecule has 0 bridgehead atoms. The van der Waals surface area contributed by atoms with Crippen molar-refractivity contribution in [2.24, 2.45) is 0 Å². The highest BCUT2D eigenvalue weighted by atomic mass is 32.1. The molecule has 2 heterocycles. The summed E-state index contributed by atoms with van der Waals surface area (Å²) in [6, 6.07) is 10.3. The summed E-state index contributed by atoms with van der Waals surface area (Å²) in [7, 11) is 0. The van der Waals surface area contributed by atoms with Gasteiger partial charge in [0.1, 0.15) is 17.4 Å². The van der Waals surface area contributed by atoms with E-state index in [9.17, 15) is 9.18 Å². The monoisotopic (exact) mass is 345 g/mol. The van der Waals surface area contributed by atoms with E-state index < -0.39 is 5.97 Å². The van der Waals surface area contributed by atoms with Gasteiger partial charge in [-0.25, -0.2) is 14.2 Å². The highest BCUT2D eigenvalue weighted by molar-refractivity contribution is 7.16. The maximum atomic E-state index is 13.7. The molecule has 0 aliphatic rings. The Morgan fingerprint density at radius 3 is 2.91 bits per heavy atom. The van der Waals surface area contributed by atoms with Crippen LogP contribution in [0.1, 0.15) is 9.88 Å². The van der Waals surface area contributed by atoms with Gasteiger partial charge in [0.2, 0.25) is 0 Å². The number of hydrogen-bond donors (Lipinski definition) is 0. The number of benzene rings is 1.